The molecule has 0 fully saturated rings. The van der Waals surface area contributed by atoms with E-state index in [1.807, 2.05) is 97.9 Å². The van der Waals surface area contributed by atoms with Crippen LogP contribution in [0.3, 0.4) is 0 Å². The fourth-order valence-electron chi connectivity index (χ4n) is 4.01. The molecule has 2 heterocycles. The Balaban J connectivity index is 1.53. The Hall–Kier alpha value is -4.38. The molecule has 3 aromatic carbocycles. The molecule has 0 bridgehead atoms. The van der Waals surface area contributed by atoms with Gasteiger partial charge in [0.25, 0.3) is 0 Å². The lowest BCUT2D eigenvalue weighted by molar-refractivity contribution is 0.306. The lowest BCUT2D eigenvalue weighted by Gasteiger charge is -2.23. The third kappa shape index (κ3) is 4.69. The van der Waals surface area contributed by atoms with Gasteiger partial charge in [-0.2, -0.15) is 0 Å². The van der Waals surface area contributed by atoms with Crippen LogP contribution in [0.1, 0.15) is 28.3 Å². The molecule has 0 saturated heterocycles. The number of benzene rings is 3. The van der Waals surface area contributed by atoms with E-state index >= 15 is 0 Å². The summed E-state index contributed by atoms with van der Waals surface area (Å²) >= 11 is 0. The molecule has 0 aliphatic heterocycles. The predicted octanol–water partition coefficient (Wildman–Crippen LogP) is 6.42. The number of hydrogen-bond acceptors (Lipinski definition) is 5. The topological polar surface area (TPSA) is 67.3 Å². The largest absolute Gasteiger partial charge is 0.505 e. The third-order valence-corrected chi connectivity index (χ3v) is 5.74. The number of phenols is 1. The van der Waals surface area contributed by atoms with Gasteiger partial charge in [-0.1, -0.05) is 60.7 Å². The van der Waals surface area contributed by atoms with Gasteiger partial charge in [0.2, 0.25) is 0 Å². The summed E-state index contributed by atoms with van der Waals surface area (Å²) in [5.74, 6) is 1.63. The fraction of sp³-hybridized carbons (Fsp3) is 0.103. The van der Waals surface area contributed by atoms with Gasteiger partial charge in [-0.05, 0) is 53.9 Å². The van der Waals surface area contributed by atoms with Crippen molar-refractivity contribution < 1.29 is 9.84 Å². The molecule has 2 aromatic heterocycles. The molecule has 0 spiro atoms. The Bertz CT molecular complexity index is 1420. The maximum Gasteiger partial charge on any atom is 0.147 e. The molecule has 2 N–H and O–H groups in total. The highest BCUT2D eigenvalue weighted by atomic mass is 16.5. The molecule has 0 saturated carbocycles. The van der Waals surface area contributed by atoms with Gasteiger partial charge in [0.15, 0.2) is 0 Å². The van der Waals surface area contributed by atoms with Crippen LogP contribution in [-0.2, 0) is 6.61 Å². The van der Waals surface area contributed by atoms with Gasteiger partial charge in [-0.3, -0.25) is 4.98 Å². The van der Waals surface area contributed by atoms with Crippen molar-refractivity contribution in [3.05, 3.63) is 126 Å². The van der Waals surface area contributed by atoms with E-state index in [2.05, 4.69) is 15.3 Å². The van der Waals surface area contributed by atoms with E-state index in [-0.39, 0.29) is 11.8 Å². The molecule has 5 nitrogen and oxygen atoms in total. The minimum absolute atomic E-state index is 0.152. The summed E-state index contributed by atoms with van der Waals surface area (Å²) in [6, 6.07) is 29.3. The van der Waals surface area contributed by atoms with Crippen molar-refractivity contribution in [3.8, 4) is 11.5 Å². The van der Waals surface area contributed by atoms with Crippen molar-refractivity contribution in [2.45, 2.75) is 19.6 Å². The van der Waals surface area contributed by atoms with Crippen LogP contribution in [-0.4, -0.2) is 15.1 Å². The first-order valence-electron chi connectivity index (χ1n) is 11.2. The van der Waals surface area contributed by atoms with Crippen LogP contribution < -0.4 is 10.1 Å². The van der Waals surface area contributed by atoms with Gasteiger partial charge in [0.1, 0.15) is 29.4 Å². The van der Waals surface area contributed by atoms with Gasteiger partial charge in [0.05, 0.1) is 6.04 Å². The Kier molecular flexibility index (Phi) is 6.08. The van der Waals surface area contributed by atoms with Gasteiger partial charge < -0.3 is 15.2 Å². The average molecular weight is 448 g/mol. The normalized spacial score (nSPS) is 11.8. The van der Waals surface area contributed by atoms with E-state index in [9.17, 15) is 5.11 Å². The number of aryl methyl sites for hydroxylation is 1. The molecule has 1 atom stereocenters. The molecule has 0 aliphatic carbocycles. The molecule has 0 amide bonds. The second-order valence-electron chi connectivity index (χ2n) is 8.22. The van der Waals surface area contributed by atoms with E-state index in [0.717, 1.165) is 39.2 Å². The molecule has 34 heavy (non-hydrogen) atoms. The second-order valence-corrected chi connectivity index (χ2v) is 8.22. The van der Waals surface area contributed by atoms with Crippen LogP contribution in [0.15, 0.2) is 103 Å². The molecular formula is C29H25N3O2. The highest BCUT2D eigenvalue weighted by Crippen LogP contribution is 2.37. The molecule has 0 aliphatic rings. The lowest BCUT2D eigenvalue weighted by atomic mass is 9.96. The van der Waals surface area contributed by atoms with Crippen molar-refractivity contribution in [1.29, 1.82) is 0 Å². The van der Waals surface area contributed by atoms with Crippen molar-refractivity contribution >= 4 is 16.7 Å². The summed E-state index contributed by atoms with van der Waals surface area (Å²) in [6.07, 6.45) is 3.46. The maximum atomic E-state index is 11.2. The van der Waals surface area contributed by atoms with E-state index in [4.69, 9.17) is 4.74 Å². The minimum atomic E-state index is -0.360. The van der Waals surface area contributed by atoms with Crippen molar-refractivity contribution in [1.82, 2.24) is 9.97 Å². The zero-order valence-corrected chi connectivity index (χ0v) is 18.8. The van der Waals surface area contributed by atoms with Crippen LogP contribution in [0.2, 0.25) is 0 Å². The van der Waals surface area contributed by atoms with Gasteiger partial charge in [-0.25, -0.2) is 4.98 Å². The fourth-order valence-corrected chi connectivity index (χ4v) is 4.01. The Labute approximate surface area is 198 Å². The number of ether oxygens (including phenoxy) is 1. The maximum absolute atomic E-state index is 11.2. The molecular weight excluding hydrogens is 422 g/mol. The van der Waals surface area contributed by atoms with Crippen molar-refractivity contribution in [3.63, 3.8) is 0 Å². The molecule has 5 aromatic rings. The number of aromatic hydroxyl groups is 1. The monoisotopic (exact) mass is 447 g/mol. The summed E-state index contributed by atoms with van der Waals surface area (Å²) in [7, 11) is 0. The SMILES string of the molecule is Cc1ccnc(N[C@@H](c2cccc(OCc3ccccc3)c2)c2ccc3cccnc3c2O)c1. The highest BCUT2D eigenvalue weighted by molar-refractivity contribution is 5.86. The number of nitrogens with one attached hydrogen (secondary N) is 1. The van der Waals surface area contributed by atoms with Crippen LogP contribution in [0.25, 0.3) is 10.9 Å². The van der Waals surface area contributed by atoms with E-state index in [0.29, 0.717) is 12.1 Å². The first-order chi connectivity index (χ1) is 16.7. The zero-order chi connectivity index (χ0) is 23.3. The minimum Gasteiger partial charge on any atom is -0.505 e. The lowest BCUT2D eigenvalue weighted by Crippen LogP contribution is -2.14. The number of rotatable bonds is 7. The average Bonchev–Trinajstić information content (AvgIpc) is 2.88. The number of fused-ring (bicyclic) bond motifs is 1. The quantitative estimate of drug-likeness (QED) is 0.301. The highest BCUT2D eigenvalue weighted by Gasteiger charge is 2.21. The number of aromatic nitrogens is 2. The smallest absolute Gasteiger partial charge is 0.147 e. The Morgan fingerprint density at radius 2 is 1.74 bits per heavy atom. The number of phenolic OH excluding ortho intramolecular Hbond substituents is 1. The Morgan fingerprint density at radius 1 is 0.853 bits per heavy atom. The summed E-state index contributed by atoms with van der Waals surface area (Å²) in [5.41, 5.74) is 4.43. The first kappa shape index (κ1) is 21.5. The predicted molar refractivity (Wildman–Crippen MR) is 135 cm³/mol. The van der Waals surface area contributed by atoms with E-state index in [1.54, 1.807) is 12.4 Å². The molecule has 5 rings (SSSR count). The molecule has 0 unspecified atom stereocenters. The number of anilines is 1. The molecule has 168 valence electrons. The standard InChI is InChI=1S/C29H25N3O2/c1-20-14-16-30-26(17-20)32-27(25-13-12-22-10-6-15-31-28(22)29(25)33)23-9-5-11-24(18-23)34-19-21-7-3-2-4-8-21/h2-18,27,33H,19H2,1H3,(H,30,32)/t27-/m0/s1. The van der Waals surface area contributed by atoms with Gasteiger partial charge in [0, 0.05) is 23.3 Å². The van der Waals surface area contributed by atoms with E-state index in [1.165, 1.54) is 0 Å². The Morgan fingerprint density at radius 3 is 2.59 bits per heavy atom. The van der Waals surface area contributed by atoms with Crippen LogP contribution in [0, 0.1) is 6.92 Å². The summed E-state index contributed by atoms with van der Waals surface area (Å²) in [5, 5.41) is 15.6. The van der Waals surface area contributed by atoms with Crippen LogP contribution in [0.5, 0.6) is 11.5 Å². The van der Waals surface area contributed by atoms with E-state index < -0.39 is 0 Å². The third-order valence-electron chi connectivity index (χ3n) is 5.74. The summed E-state index contributed by atoms with van der Waals surface area (Å²) in [4.78, 5) is 8.88. The number of hydrogen-bond donors (Lipinski definition) is 2. The first-order valence-corrected chi connectivity index (χ1v) is 11.2. The van der Waals surface area contributed by atoms with Crippen LogP contribution in [0.4, 0.5) is 5.82 Å². The summed E-state index contributed by atoms with van der Waals surface area (Å²) < 4.78 is 6.07. The molecule has 0 radical (unpaired) electrons. The zero-order valence-electron chi connectivity index (χ0n) is 18.8. The van der Waals surface area contributed by atoms with Crippen molar-refractivity contribution in [2.24, 2.45) is 0 Å². The van der Waals surface area contributed by atoms with Gasteiger partial charge >= 0.3 is 0 Å². The van der Waals surface area contributed by atoms with Crippen LogP contribution >= 0.6 is 0 Å². The van der Waals surface area contributed by atoms with Gasteiger partial charge in [-0.15, -0.1) is 0 Å². The van der Waals surface area contributed by atoms with Crippen molar-refractivity contribution in [2.75, 3.05) is 5.32 Å². The number of nitrogens with zero attached hydrogens (tertiary/aromatic N) is 2. The number of pyridine rings is 2. The summed E-state index contributed by atoms with van der Waals surface area (Å²) in [6.45, 7) is 2.50. The second kappa shape index (κ2) is 9.63. The molecule has 5 heteroatoms.